The molecular formula is C14H23NO3S. The summed E-state index contributed by atoms with van der Waals surface area (Å²) in [6, 6.07) is 6.71. The lowest BCUT2D eigenvalue weighted by atomic mass is 10.1. The van der Waals surface area contributed by atoms with E-state index < -0.39 is 15.9 Å². The molecule has 4 nitrogen and oxygen atoms in total. The molecule has 0 aromatic heterocycles. The monoisotopic (exact) mass is 285 g/mol. The Morgan fingerprint density at radius 2 is 1.79 bits per heavy atom. The number of methoxy groups -OCH3 is 1. The van der Waals surface area contributed by atoms with Gasteiger partial charge < -0.3 is 10.5 Å². The third-order valence-electron chi connectivity index (χ3n) is 3.21. The lowest BCUT2D eigenvalue weighted by Crippen LogP contribution is -2.25. The molecule has 0 spiro atoms. The first-order valence-electron chi connectivity index (χ1n) is 6.48. The van der Waals surface area contributed by atoms with Crippen molar-refractivity contribution in [2.45, 2.75) is 26.3 Å². The van der Waals surface area contributed by atoms with Crippen molar-refractivity contribution in [1.82, 2.24) is 0 Å². The van der Waals surface area contributed by atoms with Gasteiger partial charge in [0.25, 0.3) is 0 Å². The van der Waals surface area contributed by atoms with Gasteiger partial charge in [-0.1, -0.05) is 32.4 Å². The van der Waals surface area contributed by atoms with Crippen molar-refractivity contribution in [1.29, 1.82) is 0 Å². The van der Waals surface area contributed by atoms with Crippen LogP contribution in [0, 0.1) is 5.92 Å². The van der Waals surface area contributed by atoms with E-state index in [4.69, 9.17) is 10.5 Å². The molecule has 0 saturated heterocycles. The second-order valence-electron chi connectivity index (χ2n) is 4.97. The van der Waals surface area contributed by atoms with Crippen molar-refractivity contribution < 1.29 is 13.2 Å². The molecule has 19 heavy (non-hydrogen) atoms. The van der Waals surface area contributed by atoms with Gasteiger partial charge in [-0.25, -0.2) is 8.42 Å². The fourth-order valence-electron chi connectivity index (χ4n) is 1.84. The smallest absolute Gasteiger partial charge is 0.152 e. The van der Waals surface area contributed by atoms with Crippen LogP contribution in [0.5, 0.6) is 5.75 Å². The summed E-state index contributed by atoms with van der Waals surface area (Å²) < 4.78 is 29.1. The molecule has 0 radical (unpaired) electrons. The average Bonchev–Trinajstić information content (AvgIpc) is 2.37. The van der Waals surface area contributed by atoms with Gasteiger partial charge in [0.1, 0.15) is 5.75 Å². The Balaban J connectivity index is 2.70. The van der Waals surface area contributed by atoms with Gasteiger partial charge in [0.15, 0.2) is 9.84 Å². The first-order valence-corrected chi connectivity index (χ1v) is 8.30. The number of sulfone groups is 1. The Morgan fingerprint density at radius 1 is 1.21 bits per heavy atom. The molecule has 2 N–H and O–H groups in total. The van der Waals surface area contributed by atoms with E-state index in [0.717, 1.165) is 17.7 Å². The number of rotatable bonds is 7. The van der Waals surface area contributed by atoms with Gasteiger partial charge in [0, 0.05) is 6.04 Å². The second-order valence-corrected chi connectivity index (χ2v) is 7.12. The van der Waals surface area contributed by atoms with Crippen LogP contribution >= 0.6 is 0 Å². The second kappa shape index (κ2) is 6.91. The van der Waals surface area contributed by atoms with Crippen molar-refractivity contribution in [3.8, 4) is 5.75 Å². The molecule has 5 heteroatoms. The number of hydrogen-bond donors (Lipinski definition) is 1. The minimum absolute atomic E-state index is 0.0102. The Bertz CT molecular complexity index is 482. The van der Waals surface area contributed by atoms with Crippen LogP contribution in [-0.4, -0.2) is 27.0 Å². The van der Waals surface area contributed by atoms with E-state index in [1.165, 1.54) is 0 Å². The van der Waals surface area contributed by atoms with E-state index in [-0.39, 0.29) is 17.4 Å². The van der Waals surface area contributed by atoms with Crippen LogP contribution in [0.15, 0.2) is 24.3 Å². The topological polar surface area (TPSA) is 69.4 Å². The van der Waals surface area contributed by atoms with Crippen molar-refractivity contribution in [3.63, 3.8) is 0 Å². The Morgan fingerprint density at radius 3 is 2.26 bits per heavy atom. The first-order chi connectivity index (χ1) is 8.88. The van der Waals surface area contributed by atoms with Gasteiger partial charge in [0.2, 0.25) is 0 Å². The Hall–Kier alpha value is -1.07. The highest BCUT2D eigenvalue weighted by atomic mass is 32.2. The molecule has 1 aromatic carbocycles. The lowest BCUT2D eigenvalue weighted by Gasteiger charge is -2.15. The van der Waals surface area contributed by atoms with Crippen LogP contribution in [0.25, 0.3) is 0 Å². The summed E-state index contributed by atoms with van der Waals surface area (Å²) in [5, 5.41) is 0. The summed E-state index contributed by atoms with van der Waals surface area (Å²) in [6.45, 7) is 3.93. The largest absolute Gasteiger partial charge is 0.497 e. The molecular weight excluding hydrogens is 262 g/mol. The van der Waals surface area contributed by atoms with Crippen molar-refractivity contribution in [3.05, 3.63) is 29.8 Å². The maximum Gasteiger partial charge on any atom is 0.152 e. The molecule has 1 aromatic rings. The van der Waals surface area contributed by atoms with Crippen LogP contribution in [0.1, 0.15) is 31.9 Å². The van der Waals surface area contributed by atoms with E-state index in [1.54, 1.807) is 19.2 Å². The maximum absolute atomic E-state index is 12.0. The van der Waals surface area contributed by atoms with Crippen molar-refractivity contribution in [2.75, 3.05) is 18.6 Å². The Kier molecular flexibility index (Phi) is 5.82. The predicted molar refractivity (Wildman–Crippen MR) is 78.0 cm³/mol. The molecule has 108 valence electrons. The fourth-order valence-corrected chi connectivity index (χ4v) is 3.82. The van der Waals surface area contributed by atoms with E-state index in [0.29, 0.717) is 0 Å². The predicted octanol–water partition coefficient (Wildman–Crippen LogP) is 2.16. The zero-order chi connectivity index (χ0) is 14.5. The van der Waals surface area contributed by atoms with Crippen LogP contribution in [0.2, 0.25) is 0 Å². The van der Waals surface area contributed by atoms with Gasteiger partial charge in [-0.15, -0.1) is 0 Å². The molecule has 0 saturated carbocycles. The van der Waals surface area contributed by atoms with E-state index in [1.807, 2.05) is 26.0 Å². The molecule has 2 atom stereocenters. The third kappa shape index (κ3) is 5.20. The number of ether oxygens (including phenoxy) is 1. The van der Waals surface area contributed by atoms with Gasteiger partial charge in [0.05, 0.1) is 18.6 Å². The van der Waals surface area contributed by atoms with Crippen LogP contribution in [0.3, 0.4) is 0 Å². The number of nitrogens with two attached hydrogens (primary N) is 1. The molecule has 1 rings (SSSR count). The van der Waals surface area contributed by atoms with Gasteiger partial charge in [-0.3, -0.25) is 0 Å². The summed E-state index contributed by atoms with van der Waals surface area (Å²) in [5.41, 5.74) is 6.78. The minimum atomic E-state index is -3.11. The van der Waals surface area contributed by atoms with Gasteiger partial charge >= 0.3 is 0 Å². The van der Waals surface area contributed by atoms with E-state index >= 15 is 0 Å². The molecule has 0 aliphatic heterocycles. The minimum Gasteiger partial charge on any atom is -0.497 e. The number of benzene rings is 1. The third-order valence-corrected chi connectivity index (χ3v) is 5.16. The zero-order valence-corrected chi connectivity index (χ0v) is 12.6. The van der Waals surface area contributed by atoms with Gasteiger partial charge in [-0.2, -0.15) is 0 Å². The standard InChI is InChI=1S/C14H23NO3S/c1-4-11(2)9-19(16,17)10-14(15)12-5-7-13(18-3)8-6-12/h5-8,11,14H,4,9-10,15H2,1-3H3. The average molecular weight is 285 g/mol. The number of hydrogen-bond acceptors (Lipinski definition) is 4. The summed E-state index contributed by atoms with van der Waals surface area (Å²) in [7, 11) is -1.52. The first kappa shape index (κ1) is 16.0. The quantitative estimate of drug-likeness (QED) is 0.833. The summed E-state index contributed by atoms with van der Waals surface area (Å²) in [4.78, 5) is 0. The summed E-state index contributed by atoms with van der Waals surface area (Å²) in [6.07, 6.45) is 0.858. The molecule has 0 heterocycles. The van der Waals surface area contributed by atoms with Crippen LogP contribution < -0.4 is 10.5 Å². The van der Waals surface area contributed by atoms with Gasteiger partial charge in [-0.05, 0) is 23.6 Å². The maximum atomic E-state index is 12.0. The van der Waals surface area contributed by atoms with Crippen molar-refractivity contribution >= 4 is 9.84 Å². The highest BCUT2D eigenvalue weighted by Crippen LogP contribution is 2.18. The highest BCUT2D eigenvalue weighted by molar-refractivity contribution is 7.91. The normalized spacial score (nSPS) is 14.9. The van der Waals surface area contributed by atoms with E-state index in [9.17, 15) is 8.42 Å². The van der Waals surface area contributed by atoms with Crippen LogP contribution in [0.4, 0.5) is 0 Å². The summed E-state index contributed by atoms with van der Waals surface area (Å²) >= 11 is 0. The zero-order valence-electron chi connectivity index (χ0n) is 11.8. The molecule has 2 unspecified atom stereocenters. The molecule has 0 bridgehead atoms. The Labute approximate surface area is 115 Å². The van der Waals surface area contributed by atoms with Crippen LogP contribution in [-0.2, 0) is 9.84 Å². The molecule has 0 amide bonds. The SMILES string of the molecule is CCC(C)CS(=O)(=O)CC(N)c1ccc(OC)cc1. The highest BCUT2D eigenvalue weighted by Gasteiger charge is 2.19. The van der Waals surface area contributed by atoms with Crippen molar-refractivity contribution in [2.24, 2.45) is 11.7 Å². The molecule has 0 fully saturated rings. The van der Waals surface area contributed by atoms with E-state index in [2.05, 4.69) is 0 Å². The fraction of sp³-hybridized carbons (Fsp3) is 0.571. The summed E-state index contributed by atoms with van der Waals surface area (Å²) in [5.74, 6) is 1.10. The molecule has 0 aliphatic rings. The lowest BCUT2D eigenvalue weighted by molar-refractivity contribution is 0.414. The molecule has 0 aliphatic carbocycles.